The predicted molar refractivity (Wildman–Crippen MR) is 124 cm³/mol. The lowest BCUT2D eigenvalue weighted by Crippen LogP contribution is -2.29. The fourth-order valence-corrected chi connectivity index (χ4v) is 5.50. The first-order chi connectivity index (χ1) is 13.7. The van der Waals surface area contributed by atoms with Gasteiger partial charge in [0.1, 0.15) is 5.00 Å². The van der Waals surface area contributed by atoms with Gasteiger partial charge in [-0.3, -0.25) is 9.59 Å². The van der Waals surface area contributed by atoms with Gasteiger partial charge in [-0.1, -0.05) is 49.7 Å². The summed E-state index contributed by atoms with van der Waals surface area (Å²) < 4.78 is 0.851. The van der Waals surface area contributed by atoms with Crippen LogP contribution in [0.2, 0.25) is 0 Å². The minimum absolute atomic E-state index is 0.0805. The van der Waals surface area contributed by atoms with Crippen LogP contribution in [0.1, 0.15) is 71.7 Å². The standard InChI is InChI=1S/C23H29BrN2O2S/c1-5-11-25-21(28)19-17-10-9-15(23(2,3)4)13-18(17)29-22(19)26-20(27)14-7-6-8-16(24)12-14/h6-8,12,15H,5,9-11,13H2,1-4H3,(H,25,28)(H,26,27). The molecule has 0 fully saturated rings. The first-order valence-corrected chi connectivity index (χ1v) is 11.8. The van der Waals surface area contributed by atoms with Gasteiger partial charge in [0.15, 0.2) is 0 Å². The van der Waals surface area contributed by atoms with Crippen molar-refractivity contribution in [3.63, 3.8) is 0 Å². The summed E-state index contributed by atoms with van der Waals surface area (Å²) in [4.78, 5) is 27.0. The minimum atomic E-state index is -0.193. The van der Waals surface area contributed by atoms with E-state index in [4.69, 9.17) is 0 Å². The number of halogens is 1. The van der Waals surface area contributed by atoms with Gasteiger partial charge < -0.3 is 10.6 Å². The van der Waals surface area contributed by atoms with Gasteiger partial charge >= 0.3 is 0 Å². The monoisotopic (exact) mass is 476 g/mol. The number of rotatable bonds is 5. The van der Waals surface area contributed by atoms with Gasteiger partial charge in [0.2, 0.25) is 0 Å². The second kappa shape index (κ2) is 9.00. The molecule has 1 aromatic heterocycles. The van der Waals surface area contributed by atoms with Crippen LogP contribution in [0.5, 0.6) is 0 Å². The average Bonchev–Trinajstić information content (AvgIpc) is 3.02. The molecule has 1 heterocycles. The maximum Gasteiger partial charge on any atom is 0.256 e. The lowest BCUT2D eigenvalue weighted by atomic mass is 9.72. The summed E-state index contributed by atoms with van der Waals surface area (Å²) in [6.07, 6.45) is 3.80. The van der Waals surface area contributed by atoms with Crippen LogP contribution in [0.25, 0.3) is 0 Å². The number of carbonyl (C=O) groups is 2. The second-order valence-electron chi connectivity index (χ2n) is 8.73. The summed E-state index contributed by atoms with van der Waals surface area (Å²) in [5, 5.41) is 6.69. The number of amides is 2. The summed E-state index contributed by atoms with van der Waals surface area (Å²) in [5.41, 5.74) is 2.58. The molecule has 1 unspecified atom stereocenters. The van der Waals surface area contributed by atoms with Gasteiger partial charge in [0.25, 0.3) is 11.8 Å². The summed E-state index contributed by atoms with van der Waals surface area (Å²) in [6, 6.07) is 7.29. The number of nitrogens with one attached hydrogen (secondary N) is 2. The van der Waals surface area contributed by atoms with Crippen molar-refractivity contribution in [2.75, 3.05) is 11.9 Å². The Balaban J connectivity index is 1.94. The topological polar surface area (TPSA) is 58.2 Å². The Morgan fingerprint density at radius 3 is 2.66 bits per heavy atom. The van der Waals surface area contributed by atoms with Crippen LogP contribution in [0.15, 0.2) is 28.7 Å². The van der Waals surface area contributed by atoms with E-state index in [-0.39, 0.29) is 17.2 Å². The molecule has 29 heavy (non-hydrogen) atoms. The smallest absolute Gasteiger partial charge is 0.256 e. The molecule has 0 saturated heterocycles. The van der Waals surface area contributed by atoms with Crippen molar-refractivity contribution >= 4 is 44.1 Å². The van der Waals surface area contributed by atoms with E-state index in [1.54, 1.807) is 23.5 Å². The molecule has 6 heteroatoms. The molecular weight excluding hydrogens is 448 g/mol. The van der Waals surface area contributed by atoms with Crippen molar-refractivity contribution in [2.45, 2.75) is 53.4 Å². The lowest BCUT2D eigenvalue weighted by Gasteiger charge is -2.33. The van der Waals surface area contributed by atoms with E-state index < -0.39 is 0 Å². The highest BCUT2D eigenvalue weighted by Gasteiger charge is 2.34. The molecule has 3 rings (SSSR count). The Hall–Kier alpha value is -1.66. The molecule has 1 aromatic carbocycles. The van der Waals surface area contributed by atoms with Crippen molar-refractivity contribution in [1.29, 1.82) is 0 Å². The third kappa shape index (κ3) is 5.10. The van der Waals surface area contributed by atoms with Crippen LogP contribution in [0.4, 0.5) is 5.00 Å². The van der Waals surface area contributed by atoms with Crippen LogP contribution in [0.3, 0.4) is 0 Å². The van der Waals surface area contributed by atoms with Crippen molar-refractivity contribution in [3.8, 4) is 0 Å². The normalized spacial score (nSPS) is 16.2. The Kier molecular flexibility index (Phi) is 6.84. The van der Waals surface area contributed by atoms with Crippen molar-refractivity contribution < 1.29 is 9.59 Å². The van der Waals surface area contributed by atoms with Crippen LogP contribution in [-0.2, 0) is 12.8 Å². The highest BCUT2D eigenvalue weighted by molar-refractivity contribution is 9.10. The number of carbonyl (C=O) groups excluding carboxylic acids is 2. The van der Waals surface area contributed by atoms with E-state index in [9.17, 15) is 9.59 Å². The molecule has 0 spiro atoms. The largest absolute Gasteiger partial charge is 0.352 e. The van der Waals surface area contributed by atoms with Crippen molar-refractivity contribution in [2.24, 2.45) is 11.3 Å². The van der Waals surface area contributed by atoms with E-state index in [0.717, 1.165) is 35.7 Å². The molecule has 4 nitrogen and oxygen atoms in total. The quantitative estimate of drug-likeness (QED) is 0.551. The molecule has 1 aliphatic carbocycles. The number of benzene rings is 1. The number of hydrogen-bond donors (Lipinski definition) is 2. The molecule has 0 radical (unpaired) electrons. The van der Waals surface area contributed by atoms with Gasteiger partial charge in [0, 0.05) is 21.5 Å². The summed E-state index contributed by atoms with van der Waals surface area (Å²) in [7, 11) is 0. The molecule has 2 amide bonds. The Bertz CT molecular complexity index is 914. The van der Waals surface area contributed by atoms with E-state index in [1.165, 1.54) is 4.88 Å². The maximum atomic E-state index is 12.9. The molecule has 1 atom stereocenters. The summed E-state index contributed by atoms with van der Waals surface area (Å²) >= 11 is 4.98. The van der Waals surface area contributed by atoms with Gasteiger partial charge in [-0.15, -0.1) is 11.3 Å². The third-order valence-electron chi connectivity index (χ3n) is 5.57. The first-order valence-electron chi connectivity index (χ1n) is 10.2. The SMILES string of the molecule is CCCNC(=O)c1c(NC(=O)c2cccc(Br)c2)sc2c1CCC(C(C)(C)C)C2. The molecule has 2 N–H and O–H groups in total. The molecule has 2 aromatic rings. The average molecular weight is 477 g/mol. The second-order valence-corrected chi connectivity index (χ2v) is 10.8. The Morgan fingerprint density at radius 2 is 2.00 bits per heavy atom. The minimum Gasteiger partial charge on any atom is -0.352 e. The van der Waals surface area contributed by atoms with Crippen LogP contribution in [-0.4, -0.2) is 18.4 Å². The van der Waals surface area contributed by atoms with Crippen molar-refractivity contribution in [1.82, 2.24) is 5.32 Å². The summed E-state index contributed by atoms with van der Waals surface area (Å²) in [6.45, 7) is 9.50. The molecule has 0 aliphatic heterocycles. The Labute approximate surface area is 185 Å². The zero-order valence-electron chi connectivity index (χ0n) is 17.5. The fraction of sp³-hybridized carbons (Fsp3) is 0.478. The molecule has 0 bridgehead atoms. The van der Waals surface area contributed by atoms with Gasteiger partial charge in [0.05, 0.1) is 5.56 Å². The predicted octanol–water partition coefficient (Wildman–Crippen LogP) is 6.05. The van der Waals surface area contributed by atoms with E-state index in [1.807, 2.05) is 19.1 Å². The molecule has 1 aliphatic rings. The molecular formula is C23H29BrN2O2S. The number of fused-ring (bicyclic) bond motifs is 1. The maximum absolute atomic E-state index is 12.9. The van der Waals surface area contributed by atoms with Gasteiger partial charge in [-0.25, -0.2) is 0 Å². The highest BCUT2D eigenvalue weighted by atomic mass is 79.9. The van der Waals surface area contributed by atoms with Crippen LogP contribution < -0.4 is 10.6 Å². The van der Waals surface area contributed by atoms with Crippen LogP contribution in [0, 0.1) is 11.3 Å². The number of thiophene rings is 1. The van der Waals surface area contributed by atoms with E-state index in [0.29, 0.717) is 28.6 Å². The molecule has 156 valence electrons. The van der Waals surface area contributed by atoms with Crippen molar-refractivity contribution in [3.05, 3.63) is 50.3 Å². The summed E-state index contributed by atoms with van der Waals surface area (Å²) in [5.74, 6) is 0.304. The zero-order valence-corrected chi connectivity index (χ0v) is 19.9. The van der Waals surface area contributed by atoms with E-state index >= 15 is 0 Å². The fourth-order valence-electron chi connectivity index (χ4n) is 3.79. The molecule has 0 saturated carbocycles. The zero-order chi connectivity index (χ0) is 21.2. The first kappa shape index (κ1) is 22.0. The van der Waals surface area contributed by atoms with Gasteiger partial charge in [-0.2, -0.15) is 0 Å². The van der Waals surface area contributed by atoms with Crippen LogP contribution >= 0.6 is 27.3 Å². The third-order valence-corrected chi connectivity index (χ3v) is 7.23. The highest BCUT2D eigenvalue weighted by Crippen LogP contribution is 2.44. The lowest BCUT2D eigenvalue weighted by molar-refractivity contribution is 0.0953. The Morgan fingerprint density at radius 1 is 1.24 bits per heavy atom. The van der Waals surface area contributed by atoms with E-state index in [2.05, 4.69) is 47.3 Å². The number of hydrogen-bond acceptors (Lipinski definition) is 3. The van der Waals surface area contributed by atoms with Gasteiger partial charge in [-0.05, 0) is 60.8 Å². The number of anilines is 1.